The van der Waals surface area contributed by atoms with Gasteiger partial charge in [-0.05, 0) is 43.0 Å². The fraction of sp³-hybridized carbons (Fsp3) is 0.571. The Labute approximate surface area is 118 Å². The predicted octanol–water partition coefficient (Wildman–Crippen LogP) is 5.06. The number of rotatable bonds is 5. The minimum absolute atomic E-state index is 0.526. The summed E-state index contributed by atoms with van der Waals surface area (Å²) in [5.74, 6) is 1.26. The Kier molecular flexibility index (Phi) is 5.81. The molecule has 1 unspecified atom stereocenters. The normalized spacial score (nSPS) is 12.9. The number of anilines is 1. The molecule has 0 fully saturated rings. The lowest BCUT2D eigenvalue weighted by Crippen LogP contribution is -2.30. The van der Waals surface area contributed by atoms with Gasteiger partial charge in [0.1, 0.15) is 0 Å². The van der Waals surface area contributed by atoms with Crippen molar-refractivity contribution in [3.05, 3.63) is 28.2 Å². The highest BCUT2D eigenvalue weighted by molar-refractivity contribution is 9.10. The first-order valence-electron chi connectivity index (χ1n) is 6.03. The zero-order valence-corrected chi connectivity index (χ0v) is 13.3. The van der Waals surface area contributed by atoms with Crippen LogP contribution in [-0.4, -0.2) is 13.1 Å². The summed E-state index contributed by atoms with van der Waals surface area (Å²) in [5.41, 5.74) is 2.41. The lowest BCUT2D eigenvalue weighted by molar-refractivity contribution is 0.503. The highest BCUT2D eigenvalue weighted by Gasteiger charge is 2.14. The number of alkyl halides is 1. The molecule has 1 aromatic carbocycles. The molecule has 1 aromatic rings. The van der Waals surface area contributed by atoms with Crippen molar-refractivity contribution in [3.8, 4) is 0 Å². The summed E-state index contributed by atoms with van der Waals surface area (Å²) in [5, 5.41) is 0. The summed E-state index contributed by atoms with van der Waals surface area (Å²) in [6.07, 6.45) is 1.19. The van der Waals surface area contributed by atoms with Gasteiger partial charge in [-0.1, -0.05) is 29.8 Å². The van der Waals surface area contributed by atoms with Crippen molar-refractivity contribution in [1.29, 1.82) is 0 Å². The van der Waals surface area contributed by atoms with E-state index in [1.54, 1.807) is 0 Å². The molecule has 0 bridgehead atoms. The van der Waals surface area contributed by atoms with E-state index in [2.05, 4.69) is 66.8 Å². The molecule has 1 rings (SSSR count). The van der Waals surface area contributed by atoms with E-state index in [4.69, 9.17) is 11.6 Å². The number of halogens is 2. The molecular formula is C14H21BrClN. The minimum Gasteiger partial charge on any atom is -0.372 e. The van der Waals surface area contributed by atoms with Crippen LogP contribution in [-0.2, 0) is 5.88 Å². The molecule has 1 nitrogen and oxygen atoms in total. The van der Waals surface area contributed by atoms with Crippen molar-refractivity contribution in [2.45, 2.75) is 39.1 Å². The second kappa shape index (κ2) is 6.65. The van der Waals surface area contributed by atoms with E-state index < -0.39 is 0 Å². The van der Waals surface area contributed by atoms with Crippen molar-refractivity contribution in [3.63, 3.8) is 0 Å². The quantitative estimate of drug-likeness (QED) is 0.686. The van der Waals surface area contributed by atoms with Gasteiger partial charge in [0.2, 0.25) is 0 Å². The molecule has 0 aromatic heterocycles. The van der Waals surface area contributed by atoms with E-state index in [0.717, 1.165) is 4.47 Å². The Morgan fingerprint density at radius 3 is 2.47 bits per heavy atom. The van der Waals surface area contributed by atoms with Crippen LogP contribution in [0.2, 0.25) is 0 Å². The molecule has 0 spiro atoms. The first-order chi connectivity index (χ1) is 7.95. The topological polar surface area (TPSA) is 3.24 Å². The Hall–Kier alpha value is -0.210. The van der Waals surface area contributed by atoms with E-state index in [0.29, 0.717) is 17.8 Å². The molecule has 0 N–H and O–H groups in total. The van der Waals surface area contributed by atoms with Gasteiger partial charge in [0, 0.05) is 29.1 Å². The second-order valence-electron chi connectivity index (χ2n) is 5.00. The number of hydrogen-bond acceptors (Lipinski definition) is 1. The van der Waals surface area contributed by atoms with E-state index in [-0.39, 0.29) is 0 Å². The molecule has 0 radical (unpaired) electrons. The fourth-order valence-electron chi connectivity index (χ4n) is 2.08. The van der Waals surface area contributed by atoms with Crippen LogP contribution in [0.15, 0.2) is 22.7 Å². The molecule has 0 saturated heterocycles. The first-order valence-corrected chi connectivity index (χ1v) is 7.35. The lowest BCUT2D eigenvalue weighted by atomic mass is 10.0. The Balaban J connectivity index is 2.91. The summed E-state index contributed by atoms with van der Waals surface area (Å²) >= 11 is 9.50. The molecular weight excluding hydrogens is 298 g/mol. The molecule has 3 heteroatoms. The monoisotopic (exact) mass is 317 g/mol. The Bertz CT molecular complexity index is 365. The molecule has 0 aliphatic carbocycles. The number of hydrogen-bond donors (Lipinski definition) is 0. The van der Waals surface area contributed by atoms with Crippen molar-refractivity contribution < 1.29 is 0 Å². The van der Waals surface area contributed by atoms with Crippen LogP contribution in [0, 0.1) is 5.92 Å². The van der Waals surface area contributed by atoms with Crippen molar-refractivity contribution in [2.24, 2.45) is 5.92 Å². The summed E-state index contributed by atoms with van der Waals surface area (Å²) in [6.45, 7) is 6.78. The number of nitrogens with zero attached hydrogens (tertiary/aromatic N) is 1. The highest BCUT2D eigenvalue weighted by atomic mass is 79.9. The standard InChI is InChI=1S/C14H21BrClN/c1-10(2)7-11(3)17(4)14-6-5-13(15)8-12(14)9-16/h5-6,8,10-11H,7,9H2,1-4H3. The average Bonchev–Trinajstić information content (AvgIpc) is 2.27. The molecule has 96 valence electrons. The maximum atomic E-state index is 6.01. The van der Waals surface area contributed by atoms with Crippen LogP contribution in [0.25, 0.3) is 0 Å². The van der Waals surface area contributed by atoms with Gasteiger partial charge in [0.05, 0.1) is 0 Å². The van der Waals surface area contributed by atoms with Crippen LogP contribution in [0.1, 0.15) is 32.8 Å². The van der Waals surface area contributed by atoms with Gasteiger partial charge in [0.15, 0.2) is 0 Å². The van der Waals surface area contributed by atoms with Gasteiger partial charge in [-0.15, -0.1) is 11.6 Å². The van der Waals surface area contributed by atoms with Crippen LogP contribution in [0.3, 0.4) is 0 Å². The SMILES string of the molecule is CC(C)CC(C)N(C)c1ccc(Br)cc1CCl. The van der Waals surface area contributed by atoms with E-state index in [1.165, 1.54) is 17.7 Å². The highest BCUT2D eigenvalue weighted by Crippen LogP contribution is 2.27. The molecule has 0 heterocycles. The molecule has 1 atom stereocenters. The third-order valence-electron chi connectivity index (χ3n) is 3.04. The van der Waals surface area contributed by atoms with Crippen molar-refractivity contribution in [2.75, 3.05) is 11.9 Å². The largest absolute Gasteiger partial charge is 0.372 e. The Morgan fingerprint density at radius 2 is 1.94 bits per heavy atom. The zero-order chi connectivity index (χ0) is 13.0. The van der Waals surface area contributed by atoms with Crippen LogP contribution < -0.4 is 4.90 Å². The lowest BCUT2D eigenvalue weighted by Gasteiger charge is -2.30. The minimum atomic E-state index is 0.526. The van der Waals surface area contributed by atoms with Gasteiger partial charge in [-0.2, -0.15) is 0 Å². The molecule has 0 aliphatic rings. The summed E-state index contributed by atoms with van der Waals surface area (Å²) in [4.78, 5) is 2.32. The second-order valence-corrected chi connectivity index (χ2v) is 6.18. The third kappa shape index (κ3) is 4.18. The summed E-state index contributed by atoms with van der Waals surface area (Å²) < 4.78 is 1.09. The van der Waals surface area contributed by atoms with Gasteiger partial charge in [-0.25, -0.2) is 0 Å². The predicted molar refractivity (Wildman–Crippen MR) is 81.0 cm³/mol. The summed E-state index contributed by atoms with van der Waals surface area (Å²) in [6, 6.07) is 6.84. The van der Waals surface area contributed by atoms with Gasteiger partial charge in [-0.3, -0.25) is 0 Å². The maximum absolute atomic E-state index is 6.01. The fourth-order valence-corrected chi connectivity index (χ4v) is 2.71. The molecule has 0 saturated carbocycles. The Morgan fingerprint density at radius 1 is 1.29 bits per heavy atom. The van der Waals surface area contributed by atoms with E-state index in [1.807, 2.05) is 0 Å². The van der Waals surface area contributed by atoms with E-state index in [9.17, 15) is 0 Å². The van der Waals surface area contributed by atoms with Gasteiger partial charge < -0.3 is 4.90 Å². The van der Waals surface area contributed by atoms with Gasteiger partial charge in [0.25, 0.3) is 0 Å². The summed E-state index contributed by atoms with van der Waals surface area (Å²) in [7, 11) is 2.15. The van der Waals surface area contributed by atoms with Crippen LogP contribution >= 0.6 is 27.5 Å². The first kappa shape index (κ1) is 14.8. The maximum Gasteiger partial charge on any atom is 0.0494 e. The smallest absolute Gasteiger partial charge is 0.0494 e. The zero-order valence-electron chi connectivity index (χ0n) is 11.0. The van der Waals surface area contributed by atoms with Crippen molar-refractivity contribution >= 4 is 33.2 Å². The van der Waals surface area contributed by atoms with Crippen LogP contribution in [0.4, 0.5) is 5.69 Å². The molecule has 17 heavy (non-hydrogen) atoms. The third-order valence-corrected chi connectivity index (χ3v) is 3.82. The average molecular weight is 319 g/mol. The molecule has 0 aliphatic heterocycles. The van der Waals surface area contributed by atoms with Crippen LogP contribution in [0.5, 0.6) is 0 Å². The van der Waals surface area contributed by atoms with Crippen molar-refractivity contribution in [1.82, 2.24) is 0 Å². The molecule has 0 amide bonds. The van der Waals surface area contributed by atoms with E-state index >= 15 is 0 Å². The number of benzene rings is 1. The van der Waals surface area contributed by atoms with Gasteiger partial charge >= 0.3 is 0 Å².